The standard InChI is InChI=1S/C20H20N4O2/c1-14-6-3-4-7-16(14)13-21-18-10-11-19(24-23-18)22-20(25)15-8-5-9-17(12-15)26-2/h3-12H,13H2,1-2H3,(H,21,23)(H,22,24,25). The molecule has 0 aliphatic rings. The Hall–Kier alpha value is -3.41. The molecule has 0 saturated heterocycles. The number of amides is 1. The summed E-state index contributed by atoms with van der Waals surface area (Å²) in [6.07, 6.45) is 0. The van der Waals surface area contributed by atoms with Crippen LogP contribution in [0.1, 0.15) is 21.5 Å². The SMILES string of the molecule is COc1cccc(C(=O)Nc2ccc(NCc3ccccc3C)nn2)c1. The van der Waals surface area contributed by atoms with E-state index in [4.69, 9.17) is 4.74 Å². The lowest BCUT2D eigenvalue weighted by Gasteiger charge is -2.09. The van der Waals surface area contributed by atoms with Crippen molar-refractivity contribution in [2.75, 3.05) is 17.7 Å². The van der Waals surface area contributed by atoms with Crippen LogP contribution in [0.4, 0.5) is 11.6 Å². The minimum atomic E-state index is -0.265. The molecule has 0 bridgehead atoms. The van der Waals surface area contributed by atoms with Crippen molar-refractivity contribution >= 4 is 17.5 Å². The summed E-state index contributed by atoms with van der Waals surface area (Å²) in [6, 6.07) is 18.6. The number of carbonyl (C=O) groups is 1. The highest BCUT2D eigenvalue weighted by Crippen LogP contribution is 2.15. The first-order valence-corrected chi connectivity index (χ1v) is 8.23. The van der Waals surface area contributed by atoms with Crippen LogP contribution >= 0.6 is 0 Å². The van der Waals surface area contributed by atoms with Crippen molar-refractivity contribution in [1.82, 2.24) is 10.2 Å². The number of rotatable bonds is 6. The van der Waals surface area contributed by atoms with E-state index in [1.165, 1.54) is 11.1 Å². The summed E-state index contributed by atoms with van der Waals surface area (Å²) in [4.78, 5) is 12.3. The van der Waals surface area contributed by atoms with Crippen LogP contribution in [0.3, 0.4) is 0 Å². The molecule has 1 amide bonds. The van der Waals surface area contributed by atoms with Gasteiger partial charge in [0.2, 0.25) is 0 Å². The summed E-state index contributed by atoms with van der Waals surface area (Å²) in [6.45, 7) is 2.73. The Balaban J connectivity index is 1.60. The predicted octanol–water partition coefficient (Wildman–Crippen LogP) is 3.66. The lowest BCUT2D eigenvalue weighted by molar-refractivity contribution is 0.102. The van der Waals surface area contributed by atoms with Crippen molar-refractivity contribution in [2.24, 2.45) is 0 Å². The lowest BCUT2D eigenvalue weighted by atomic mass is 10.1. The van der Waals surface area contributed by atoms with Crippen LogP contribution in [0.25, 0.3) is 0 Å². The van der Waals surface area contributed by atoms with Gasteiger partial charge in [0.15, 0.2) is 5.82 Å². The molecule has 1 heterocycles. The Bertz CT molecular complexity index is 894. The second kappa shape index (κ2) is 8.11. The molecule has 0 atom stereocenters. The Labute approximate surface area is 152 Å². The molecule has 6 heteroatoms. The molecule has 0 radical (unpaired) electrons. The van der Waals surface area contributed by atoms with Gasteiger partial charge in [0, 0.05) is 12.1 Å². The highest BCUT2D eigenvalue weighted by molar-refractivity contribution is 6.03. The quantitative estimate of drug-likeness (QED) is 0.711. The summed E-state index contributed by atoms with van der Waals surface area (Å²) in [5.74, 6) is 1.39. The fourth-order valence-electron chi connectivity index (χ4n) is 2.44. The number of carbonyl (C=O) groups excluding carboxylic acids is 1. The summed E-state index contributed by atoms with van der Waals surface area (Å²) in [5.41, 5.74) is 2.91. The van der Waals surface area contributed by atoms with Crippen molar-refractivity contribution in [3.63, 3.8) is 0 Å². The van der Waals surface area contributed by atoms with E-state index < -0.39 is 0 Å². The number of hydrogen-bond acceptors (Lipinski definition) is 5. The minimum absolute atomic E-state index is 0.265. The number of benzene rings is 2. The topological polar surface area (TPSA) is 76.1 Å². The molecule has 0 aliphatic carbocycles. The fraction of sp³-hybridized carbons (Fsp3) is 0.150. The number of nitrogens with zero attached hydrogens (tertiary/aromatic N) is 2. The number of aryl methyl sites for hydroxylation is 1. The van der Waals surface area contributed by atoms with Gasteiger partial charge in [0.1, 0.15) is 11.6 Å². The van der Waals surface area contributed by atoms with E-state index in [1.54, 1.807) is 43.5 Å². The molecule has 0 spiro atoms. The number of aromatic nitrogens is 2. The Morgan fingerprint density at radius 2 is 1.77 bits per heavy atom. The summed E-state index contributed by atoms with van der Waals surface area (Å²) in [7, 11) is 1.56. The molecule has 0 aliphatic heterocycles. The van der Waals surface area contributed by atoms with Crippen LogP contribution in [-0.2, 0) is 6.54 Å². The Kier molecular flexibility index (Phi) is 5.43. The summed E-state index contributed by atoms with van der Waals surface area (Å²) in [5, 5.41) is 14.1. The van der Waals surface area contributed by atoms with Crippen molar-refractivity contribution in [2.45, 2.75) is 13.5 Å². The Morgan fingerprint density at radius 1 is 1.00 bits per heavy atom. The maximum absolute atomic E-state index is 12.3. The number of nitrogens with one attached hydrogen (secondary N) is 2. The third-order valence-electron chi connectivity index (χ3n) is 3.96. The largest absolute Gasteiger partial charge is 0.497 e. The van der Waals surface area contributed by atoms with Crippen molar-refractivity contribution in [1.29, 1.82) is 0 Å². The van der Waals surface area contributed by atoms with Gasteiger partial charge in [-0.05, 0) is 48.4 Å². The Morgan fingerprint density at radius 3 is 2.50 bits per heavy atom. The van der Waals surface area contributed by atoms with Crippen molar-refractivity contribution in [3.05, 3.63) is 77.4 Å². The van der Waals surface area contributed by atoms with E-state index in [2.05, 4.69) is 39.9 Å². The lowest BCUT2D eigenvalue weighted by Crippen LogP contribution is -2.13. The number of methoxy groups -OCH3 is 1. The number of hydrogen-bond donors (Lipinski definition) is 2. The van der Waals surface area contributed by atoms with Gasteiger partial charge in [-0.3, -0.25) is 4.79 Å². The zero-order chi connectivity index (χ0) is 18.4. The molecular weight excluding hydrogens is 328 g/mol. The van der Waals surface area contributed by atoms with Gasteiger partial charge in [-0.25, -0.2) is 0 Å². The van der Waals surface area contributed by atoms with Crippen LogP contribution in [0.15, 0.2) is 60.7 Å². The second-order valence-corrected chi connectivity index (χ2v) is 5.77. The average Bonchev–Trinajstić information content (AvgIpc) is 2.68. The van der Waals surface area contributed by atoms with Gasteiger partial charge in [0.25, 0.3) is 5.91 Å². The zero-order valence-corrected chi connectivity index (χ0v) is 14.7. The first-order valence-electron chi connectivity index (χ1n) is 8.23. The van der Waals surface area contributed by atoms with Gasteiger partial charge >= 0.3 is 0 Å². The van der Waals surface area contributed by atoms with Crippen LogP contribution in [0.5, 0.6) is 5.75 Å². The number of anilines is 2. The highest BCUT2D eigenvalue weighted by Gasteiger charge is 2.08. The molecule has 6 nitrogen and oxygen atoms in total. The predicted molar refractivity (Wildman–Crippen MR) is 101 cm³/mol. The monoisotopic (exact) mass is 348 g/mol. The van der Waals surface area contributed by atoms with Gasteiger partial charge in [-0.1, -0.05) is 30.3 Å². The minimum Gasteiger partial charge on any atom is -0.497 e. The molecule has 0 fully saturated rings. The maximum atomic E-state index is 12.3. The van der Waals surface area contributed by atoms with Gasteiger partial charge in [0.05, 0.1) is 7.11 Å². The summed E-state index contributed by atoms with van der Waals surface area (Å²) < 4.78 is 5.13. The molecule has 2 N–H and O–H groups in total. The molecule has 2 aromatic carbocycles. The molecule has 3 rings (SSSR count). The van der Waals surface area contributed by atoms with Gasteiger partial charge in [-0.15, -0.1) is 10.2 Å². The van der Waals surface area contributed by atoms with E-state index in [-0.39, 0.29) is 5.91 Å². The second-order valence-electron chi connectivity index (χ2n) is 5.77. The number of ether oxygens (including phenoxy) is 1. The van der Waals surface area contributed by atoms with Gasteiger partial charge in [-0.2, -0.15) is 0 Å². The summed E-state index contributed by atoms with van der Waals surface area (Å²) >= 11 is 0. The highest BCUT2D eigenvalue weighted by atomic mass is 16.5. The molecule has 0 saturated carbocycles. The van der Waals surface area contributed by atoms with Crippen LogP contribution in [0.2, 0.25) is 0 Å². The van der Waals surface area contributed by atoms with E-state index in [1.807, 2.05) is 12.1 Å². The average molecular weight is 348 g/mol. The third kappa shape index (κ3) is 4.36. The van der Waals surface area contributed by atoms with Crippen molar-refractivity contribution < 1.29 is 9.53 Å². The van der Waals surface area contributed by atoms with Gasteiger partial charge < -0.3 is 15.4 Å². The van der Waals surface area contributed by atoms with Crippen LogP contribution in [-0.4, -0.2) is 23.2 Å². The first kappa shape index (κ1) is 17.4. The molecular formula is C20H20N4O2. The maximum Gasteiger partial charge on any atom is 0.256 e. The third-order valence-corrected chi connectivity index (χ3v) is 3.96. The van der Waals surface area contributed by atoms with Crippen LogP contribution < -0.4 is 15.4 Å². The van der Waals surface area contributed by atoms with E-state index >= 15 is 0 Å². The first-order chi connectivity index (χ1) is 12.7. The zero-order valence-electron chi connectivity index (χ0n) is 14.7. The van der Waals surface area contributed by atoms with Crippen molar-refractivity contribution in [3.8, 4) is 5.75 Å². The van der Waals surface area contributed by atoms with E-state index in [0.717, 1.165) is 0 Å². The van der Waals surface area contributed by atoms with E-state index in [9.17, 15) is 4.79 Å². The fourth-order valence-corrected chi connectivity index (χ4v) is 2.44. The smallest absolute Gasteiger partial charge is 0.256 e. The molecule has 26 heavy (non-hydrogen) atoms. The van der Waals surface area contributed by atoms with Crippen LogP contribution in [0, 0.1) is 6.92 Å². The molecule has 0 unspecified atom stereocenters. The normalized spacial score (nSPS) is 10.2. The molecule has 1 aromatic heterocycles. The molecule has 3 aromatic rings. The molecule has 132 valence electrons. The van der Waals surface area contributed by atoms with E-state index in [0.29, 0.717) is 29.5 Å².